The Hall–Kier alpha value is -0.470. The van der Waals surface area contributed by atoms with E-state index in [4.69, 9.17) is 9.84 Å². The first kappa shape index (κ1) is 14.0. The van der Waals surface area contributed by atoms with E-state index in [1.54, 1.807) is 12.1 Å². The van der Waals surface area contributed by atoms with Gasteiger partial charge in [-0.3, -0.25) is 0 Å². The largest absolute Gasteiger partial charge is 0.392 e. The second-order valence-electron chi connectivity index (χ2n) is 4.10. The number of rotatable bonds is 4. The van der Waals surface area contributed by atoms with Crippen molar-refractivity contribution >= 4 is 26.0 Å². The Labute approximate surface area is 114 Å². The third-order valence-electron chi connectivity index (χ3n) is 2.72. The molecule has 5 nitrogen and oxygen atoms in total. The fourth-order valence-corrected chi connectivity index (χ4v) is 4.15. The number of nitrogens with one attached hydrogen (secondary N) is 1. The minimum absolute atomic E-state index is 0.122. The summed E-state index contributed by atoms with van der Waals surface area (Å²) in [5, 5.41) is 8.98. The molecule has 0 aliphatic carbocycles. The van der Waals surface area contributed by atoms with Crippen molar-refractivity contribution in [3.8, 4) is 0 Å². The van der Waals surface area contributed by atoms with Crippen LogP contribution in [-0.4, -0.2) is 32.8 Å². The van der Waals surface area contributed by atoms with Gasteiger partial charge in [0.1, 0.15) is 0 Å². The lowest BCUT2D eigenvalue weighted by Gasteiger charge is -2.13. The van der Waals surface area contributed by atoms with Crippen molar-refractivity contribution in [1.82, 2.24) is 4.72 Å². The van der Waals surface area contributed by atoms with Gasteiger partial charge in [-0.05, 0) is 40.0 Å². The molecule has 1 aromatic carbocycles. The fraction of sp³-hybridized carbons (Fsp3) is 0.455. The molecule has 1 aromatic rings. The number of hydrogen-bond acceptors (Lipinski definition) is 4. The summed E-state index contributed by atoms with van der Waals surface area (Å²) in [6.45, 7) is 0.867. The molecule has 1 aliphatic heterocycles. The first-order valence-corrected chi connectivity index (χ1v) is 7.80. The van der Waals surface area contributed by atoms with E-state index in [2.05, 4.69) is 20.7 Å². The number of hydrogen-bond donors (Lipinski definition) is 2. The first-order valence-electron chi connectivity index (χ1n) is 5.52. The number of aliphatic hydroxyl groups excluding tert-OH is 1. The van der Waals surface area contributed by atoms with Crippen molar-refractivity contribution in [2.45, 2.75) is 24.0 Å². The third-order valence-corrected chi connectivity index (χ3v) is 5.22. The molecule has 0 aromatic heterocycles. The lowest BCUT2D eigenvalue weighted by molar-refractivity contribution is 0.192. The van der Waals surface area contributed by atoms with Crippen LogP contribution in [0.5, 0.6) is 0 Å². The number of sulfonamides is 1. The highest BCUT2D eigenvalue weighted by Gasteiger charge is 2.25. The SMILES string of the molecule is O=S(=O)(NC1CCOC1)c1ccc(CO)cc1Br. The standard InChI is InChI=1S/C11H14BrNO4S/c12-10-5-8(6-14)1-2-11(10)18(15,16)13-9-3-4-17-7-9/h1-2,5,9,13-14H,3-4,6-7H2. The molecule has 0 bridgehead atoms. The van der Waals surface area contributed by atoms with Gasteiger partial charge in [0, 0.05) is 17.1 Å². The maximum Gasteiger partial charge on any atom is 0.242 e. The van der Waals surface area contributed by atoms with Gasteiger partial charge in [-0.15, -0.1) is 0 Å². The Morgan fingerprint density at radius 1 is 1.50 bits per heavy atom. The van der Waals surface area contributed by atoms with E-state index >= 15 is 0 Å². The van der Waals surface area contributed by atoms with E-state index in [1.165, 1.54) is 6.07 Å². The molecule has 0 radical (unpaired) electrons. The van der Waals surface area contributed by atoms with Crippen molar-refractivity contribution < 1.29 is 18.3 Å². The van der Waals surface area contributed by atoms with Gasteiger partial charge in [0.2, 0.25) is 10.0 Å². The van der Waals surface area contributed by atoms with Gasteiger partial charge in [0.05, 0.1) is 18.1 Å². The maximum atomic E-state index is 12.1. The lowest BCUT2D eigenvalue weighted by Crippen LogP contribution is -2.35. The van der Waals surface area contributed by atoms with Crippen LogP contribution in [0.4, 0.5) is 0 Å². The van der Waals surface area contributed by atoms with Crippen LogP contribution in [0.3, 0.4) is 0 Å². The van der Waals surface area contributed by atoms with Crippen LogP contribution in [-0.2, 0) is 21.4 Å². The minimum atomic E-state index is -3.56. The summed E-state index contributed by atoms with van der Waals surface area (Å²) in [6.07, 6.45) is 0.686. The topological polar surface area (TPSA) is 75.6 Å². The molecule has 0 saturated carbocycles. The Balaban J connectivity index is 2.23. The van der Waals surface area contributed by atoms with Crippen LogP contribution in [0.2, 0.25) is 0 Å². The monoisotopic (exact) mass is 335 g/mol. The number of aliphatic hydroxyl groups is 1. The van der Waals surface area contributed by atoms with Gasteiger partial charge in [0.25, 0.3) is 0 Å². The van der Waals surface area contributed by atoms with E-state index in [1.807, 2.05) is 0 Å². The highest BCUT2D eigenvalue weighted by molar-refractivity contribution is 9.10. The zero-order valence-electron chi connectivity index (χ0n) is 9.60. The first-order chi connectivity index (χ1) is 8.53. The molecule has 1 unspecified atom stereocenters. The van der Waals surface area contributed by atoms with Gasteiger partial charge in [-0.1, -0.05) is 6.07 Å². The van der Waals surface area contributed by atoms with E-state index < -0.39 is 10.0 Å². The van der Waals surface area contributed by atoms with Crippen LogP contribution in [0.15, 0.2) is 27.6 Å². The number of halogens is 1. The van der Waals surface area contributed by atoms with Gasteiger partial charge in [-0.2, -0.15) is 0 Å². The van der Waals surface area contributed by atoms with E-state index in [-0.39, 0.29) is 17.5 Å². The Morgan fingerprint density at radius 3 is 2.83 bits per heavy atom. The Kier molecular flexibility index (Phi) is 4.39. The van der Waals surface area contributed by atoms with Crippen LogP contribution >= 0.6 is 15.9 Å². The van der Waals surface area contributed by atoms with Crippen molar-refractivity contribution in [2.75, 3.05) is 13.2 Å². The van der Waals surface area contributed by atoms with Crippen molar-refractivity contribution in [2.24, 2.45) is 0 Å². The van der Waals surface area contributed by atoms with Crippen LogP contribution in [0.1, 0.15) is 12.0 Å². The molecule has 0 amide bonds. The highest BCUT2D eigenvalue weighted by atomic mass is 79.9. The summed E-state index contributed by atoms with van der Waals surface area (Å²) in [5.41, 5.74) is 0.657. The average Bonchev–Trinajstić information content (AvgIpc) is 2.80. The number of ether oxygens (including phenoxy) is 1. The molecular formula is C11H14BrNO4S. The van der Waals surface area contributed by atoms with Crippen LogP contribution in [0.25, 0.3) is 0 Å². The van der Waals surface area contributed by atoms with Gasteiger partial charge in [0.15, 0.2) is 0 Å². The summed E-state index contributed by atoms with van der Waals surface area (Å²) in [7, 11) is -3.56. The lowest BCUT2D eigenvalue weighted by atomic mass is 10.2. The summed E-state index contributed by atoms with van der Waals surface area (Å²) in [4.78, 5) is 0.173. The van der Waals surface area contributed by atoms with E-state index in [0.717, 1.165) is 0 Å². The highest BCUT2D eigenvalue weighted by Crippen LogP contribution is 2.24. The molecule has 2 rings (SSSR count). The summed E-state index contributed by atoms with van der Waals surface area (Å²) in [6, 6.07) is 4.50. The zero-order chi connectivity index (χ0) is 13.2. The van der Waals surface area contributed by atoms with Gasteiger partial charge >= 0.3 is 0 Å². The molecule has 1 atom stereocenters. The smallest absolute Gasteiger partial charge is 0.242 e. The molecule has 1 saturated heterocycles. The second kappa shape index (κ2) is 5.66. The number of benzene rings is 1. The van der Waals surface area contributed by atoms with Crippen LogP contribution < -0.4 is 4.72 Å². The summed E-state index contributed by atoms with van der Waals surface area (Å²) in [5.74, 6) is 0. The van der Waals surface area contributed by atoms with Crippen molar-refractivity contribution in [3.05, 3.63) is 28.2 Å². The Bertz CT molecular complexity index is 526. The molecule has 100 valence electrons. The van der Waals surface area contributed by atoms with Crippen molar-refractivity contribution in [1.29, 1.82) is 0 Å². The van der Waals surface area contributed by atoms with Gasteiger partial charge in [-0.25, -0.2) is 13.1 Å². The molecular weight excluding hydrogens is 322 g/mol. The van der Waals surface area contributed by atoms with Gasteiger partial charge < -0.3 is 9.84 Å². The molecule has 0 spiro atoms. The van der Waals surface area contributed by atoms with E-state index in [9.17, 15) is 8.42 Å². The minimum Gasteiger partial charge on any atom is -0.392 e. The third kappa shape index (κ3) is 3.10. The predicted molar refractivity (Wildman–Crippen MR) is 69.6 cm³/mol. The zero-order valence-corrected chi connectivity index (χ0v) is 12.0. The summed E-state index contributed by atoms with van der Waals surface area (Å²) >= 11 is 3.21. The maximum absolute atomic E-state index is 12.1. The summed E-state index contributed by atoms with van der Waals surface area (Å²) < 4.78 is 32.5. The average molecular weight is 336 g/mol. The Morgan fingerprint density at radius 2 is 2.28 bits per heavy atom. The second-order valence-corrected chi connectivity index (χ2v) is 6.64. The van der Waals surface area contributed by atoms with Crippen LogP contribution in [0, 0.1) is 0 Å². The molecule has 18 heavy (non-hydrogen) atoms. The normalized spacial score (nSPS) is 20.2. The molecule has 1 fully saturated rings. The van der Waals surface area contributed by atoms with E-state index in [0.29, 0.717) is 29.7 Å². The fourth-order valence-electron chi connectivity index (χ4n) is 1.77. The molecule has 2 N–H and O–H groups in total. The quantitative estimate of drug-likeness (QED) is 0.861. The molecule has 1 aliphatic rings. The molecule has 1 heterocycles. The predicted octanol–water partition coefficient (Wildman–Crippen LogP) is 1.01. The van der Waals surface area contributed by atoms with Crippen molar-refractivity contribution in [3.63, 3.8) is 0 Å². The molecule has 7 heteroatoms.